The molecule has 0 amide bonds. The van der Waals surface area contributed by atoms with Crippen LogP contribution in [-0.2, 0) is 0 Å². The molecule has 1 N–H and O–H groups in total. The summed E-state index contributed by atoms with van der Waals surface area (Å²) in [6.07, 6.45) is 7.01. The van der Waals surface area contributed by atoms with Crippen molar-refractivity contribution in [2.75, 3.05) is 5.88 Å². The van der Waals surface area contributed by atoms with E-state index in [4.69, 9.17) is 23.2 Å². The number of allylic oxidation sites excluding steroid dienone is 1. The first kappa shape index (κ1) is 9.49. The number of alkyl halides is 1. The van der Waals surface area contributed by atoms with Crippen LogP contribution in [0.3, 0.4) is 0 Å². The first-order chi connectivity index (χ1) is 6.83. The monoisotopic (exact) mass is 227 g/mol. The molecule has 2 rings (SSSR count). The number of aromatic amines is 1. The van der Waals surface area contributed by atoms with Crippen LogP contribution >= 0.6 is 23.2 Å². The third-order valence-corrected chi connectivity index (χ3v) is 2.30. The largest absolute Gasteiger partial charge is 0.357 e. The number of fused-ring (bicyclic) bond motifs is 1. The van der Waals surface area contributed by atoms with Gasteiger partial charge in [0.05, 0.1) is 0 Å². The maximum Gasteiger partial charge on any atom is 0.156 e. The van der Waals surface area contributed by atoms with Gasteiger partial charge in [-0.25, -0.2) is 9.97 Å². The average molecular weight is 228 g/mol. The second-order valence-corrected chi connectivity index (χ2v) is 3.36. The number of nitrogens with zero attached hydrogens (tertiary/aromatic N) is 2. The quantitative estimate of drug-likeness (QED) is 0.634. The fraction of sp³-hybridized carbons (Fsp3) is 0.111. The topological polar surface area (TPSA) is 41.6 Å². The van der Waals surface area contributed by atoms with Crippen LogP contribution in [-0.4, -0.2) is 20.8 Å². The van der Waals surface area contributed by atoms with E-state index >= 15 is 0 Å². The second-order valence-electron chi connectivity index (χ2n) is 2.69. The Kier molecular flexibility index (Phi) is 2.70. The first-order valence-corrected chi connectivity index (χ1v) is 4.94. The molecule has 0 spiro atoms. The van der Waals surface area contributed by atoms with Crippen molar-refractivity contribution in [3.05, 3.63) is 29.3 Å². The lowest BCUT2D eigenvalue weighted by Gasteiger charge is -1.91. The molecule has 2 aromatic heterocycles. The van der Waals surface area contributed by atoms with E-state index in [2.05, 4.69) is 15.0 Å². The molecule has 0 fully saturated rings. The molecule has 0 bridgehead atoms. The number of hydrogen-bond donors (Lipinski definition) is 1. The highest BCUT2D eigenvalue weighted by atomic mass is 35.5. The molecule has 3 nitrogen and oxygen atoms in total. The van der Waals surface area contributed by atoms with E-state index in [1.54, 1.807) is 0 Å². The Morgan fingerprint density at radius 2 is 2.29 bits per heavy atom. The highest BCUT2D eigenvalue weighted by Crippen LogP contribution is 2.21. The second kappa shape index (κ2) is 3.98. The van der Waals surface area contributed by atoms with Crippen molar-refractivity contribution in [1.82, 2.24) is 15.0 Å². The molecule has 2 aromatic rings. The van der Waals surface area contributed by atoms with Crippen LogP contribution in [0.2, 0.25) is 5.15 Å². The summed E-state index contributed by atoms with van der Waals surface area (Å²) < 4.78 is 0. The highest BCUT2D eigenvalue weighted by molar-refractivity contribution is 6.33. The fourth-order valence-electron chi connectivity index (χ4n) is 1.23. The predicted molar refractivity (Wildman–Crippen MR) is 58.7 cm³/mol. The Morgan fingerprint density at radius 1 is 1.43 bits per heavy atom. The molecule has 0 atom stereocenters. The molecule has 0 radical (unpaired) electrons. The van der Waals surface area contributed by atoms with Gasteiger partial charge in [-0.2, -0.15) is 0 Å². The van der Waals surface area contributed by atoms with Crippen molar-refractivity contribution in [2.45, 2.75) is 0 Å². The summed E-state index contributed by atoms with van der Waals surface area (Å²) in [7, 11) is 0. The normalized spacial score (nSPS) is 11.6. The molecule has 0 aliphatic rings. The zero-order valence-corrected chi connectivity index (χ0v) is 8.68. The predicted octanol–water partition coefficient (Wildman–Crippen LogP) is 2.86. The van der Waals surface area contributed by atoms with Crippen LogP contribution in [0.1, 0.15) is 5.56 Å². The SMILES string of the molecule is ClCC=Cc1c[nH]c2c(Cl)ncnc12. The molecule has 0 aliphatic heterocycles. The Labute approximate surface area is 90.8 Å². The Hall–Kier alpha value is -1.06. The summed E-state index contributed by atoms with van der Waals surface area (Å²) in [6, 6.07) is 0. The van der Waals surface area contributed by atoms with E-state index in [0.717, 1.165) is 16.6 Å². The summed E-state index contributed by atoms with van der Waals surface area (Å²) in [4.78, 5) is 11.0. The van der Waals surface area contributed by atoms with Gasteiger partial charge in [0, 0.05) is 17.6 Å². The Balaban J connectivity index is 2.58. The summed E-state index contributed by atoms with van der Waals surface area (Å²) in [6.45, 7) is 0. The van der Waals surface area contributed by atoms with Crippen molar-refractivity contribution in [3.8, 4) is 0 Å². The summed E-state index contributed by atoms with van der Waals surface area (Å²) >= 11 is 11.4. The minimum absolute atomic E-state index is 0.431. The zero-order chi connectivity index (χ0) is 9.97. The van der Waals surface area contributed by atoms with Gasteiger partial charge in [0.1, 0.15) is 17.4 Å². The Morgan fingerprint density at radius 3 is 3.07 bits per heavy atom. The zero-order valence-electron chi connectivity index (χ0n) is 7.17. The van der Waals surface area contributed by atoms with E-state index < -0.39 is 0 Å². The number of aromatic nitrogens is 3. The van der Waals surface area contributed by atoms with Crippen LogP contribution in [0.5, 0.6) is 0 Å². The Bertz CT molecular complexity index is 476. The molecule has 5 heteroatoms. The van der Waals surface area contributed by atoms with Gasteiger partial charge < -0.3 is 4.98 Å². The van der Waals surface area contributed by atoms with Gasteiger partial charge in [-0.15, -0.1) is 11.6 Å². The molecule has 0 saturated heterocycles. The standard InChI is InChI=1S/C9H7Cl2N3/c10-3-1-2-6-4-12-8-7(6)13-5-14-9(8)11/h1-2,4-5,12H,3H2. The van der Waals surface area contributed by atoms with Crippen LogP contribution in [0.4, 0.5) is 0 Å². The molecule has 14 heavy (non-hydrogen) atoms. The van der Waals surface area contributed by atoms with Crippen LogP contribution in [0.15, 0.2) is 18.6 Å². The van der Waals surface area contributed by atoms with Gasteiger partial charge in [-0.1, -0.05) is 23.8 Å². The molecular weight excluding hydrogens is 221 g/mol. The molecule has 72 valence electrons. The summed E-state index contributed by atoms with van der Waals surface area (Å²) in [5, 5.41) is 0.431. The smallest absolute Gasteiger partial charge is 0.156 e. The molecule has 0 aromatic carbocycles. The van der Waals surface area contributed by atoms with E-state index in [-0.39, 0.29) is 0 Å². The van der Waals surface area contributed by atoms with Crippen molar-refractivity contribution in [2.24, 2.45) is 0 Å². The van der Waals surface area contributed by atoms with Crippen molar-refractivity contribution in [1.29, 1.82) is 0 Å². The number of rotatable bonds is 2. The lowest BCUT2D eigenvalue weighted by atomic mass is 10.2. The average Bonchev–Trinajstić information content (AvgIpc) is 2.60. The van der Waals surface area contributed by atoms with Crippen molar-refractivity contribution < 1.29 is 0 Å². The van der Waals surface area contributed by atoms with Gasteiger partial charge in [0.2, 0.25) is 0 Å². The number of halogens is 2. The lowest BCUT2D eigenvalue weighted by molar-refractivity contribution is 1.22. The van der Waals surface area contributed by atoms with Crippen LogP contribution in [0, 0.1) is 0 Å². The van der Waals surface area contributed by atoms with Crippen molar-refractivity contribution >= 4 is 40.3 Å². The highest BCUT2D eigenvalue weighted by Gasteiger charge is 2.05. The number of nitrogens with one attached hydrogen (secondary N) is 1. The number of hydrogen-bond acceptors (Lipinski definition) is 2. The third kappa shape index (κ3) is 1.61. The summed E-state index contributed by atoms with van der Waals surface area (Å²) in [5.74, 6) is 0.478. The van der Waals surface area contributed by atoms with Gasteiger partial charge >= 0.3 is 0 Å². The van der Waals surface area contributed by atoms with E-state index in [0.29, 0.717) is 11.0 Å². The fourth-order valence-corrected chi connectivity index (χ4v) is 1.50. The lowest BCUT2D eigenvalue weighted by Crippen LogP contribution is -1.81. The molecule has 0 unspecified atom stereocenters. The van der Waals surface area contributed by atoms with Gasteiger partial charge in [0.15, 0.2) is 5.15 Å². The van der Waals surface area contributed by atoms with Gasteiger partial charge in [0.25, 0.3) is 0 Å². The molecular formula is C9H7Cl2N3. The van der Waals surface area contributed by atoms with Gasteiger partial charge in [-0.05, 0) is 0 Å². The van der Waals surface area contributed by atoms with Gasteiger partial charge in [-0.3, -0.25) is 0 Å². The third-order valence-electron chi connectivity index (χ3n) is 1.83. The minimum Gasteiger partial charge on any atom is -0.357 e. The van der Waals surface area contributed by atoms with Crippen molar-refractivity contribution in [3.63, 3.8) is 0 Å². The molecule has 0 saturated carbocycles. The maximum absolute atomic E-state index is 5.87. The molecule has 2 heterocycles. The number of H-pyrrole nitrogens is 1. The first-order valence-electron chi connectivity index (χ1n) is 4.03. The minimum atomic E-state index is 0.431. The van der Waals surface area contributed by atoms with Crippen LogP contribution < -0.4 is 0 Å². The maximum atomic E-state index is 5.87. The molecule has 0 aliphatic carbocycles. The van der Waals surface area contributed by atoms with E-state index in [9.17, 15) is 0 Å². The summed E-state index contributed by atoms with van der Waals surface area (Å²) in [5.41, 5.74) is 2.53. The van der Waals surface area contributed by atoms with E-state index in [1.165, 1.54) is 6.33 Å². The van der Waals surface area contributed by atoms with E-state index in [1.807, 2.05) is 18.3 Å². The van der Waals surface area contributed by atoms with Crippen LogP contribution in [0.25, 0.3) is 17.1 Å².